The number of benzene rings is 2. The van der Waals surface area contributed by atoms with Crippen LogP contribution in [-0.2, 0) is 14.3 Å². The summed E-state index contributed by atoms with van der Waals surface area (Å²) in [6, 6.07) is 8.07. The topological polar surface area (TPSA) is 107 Å². The van der Waals surface area contributed by atoms with Gasteiger partial charge in [-0.1, -0.05) is 36.1 Å². The molecule has 0 radical (unpaired) electrons. The lowest BCUT2D eigenvalue weighted by Gasteiger charge is -2.27. The van der Waals surface area contributed by atoms with E-state index in [4.69, 9.17) is 28.4 Å². The van der Waals surface area contributed by atoms with Gasteiger partial charge in [0.15, 0.2) is 27.8 Å². The molecule has 0 amide bonds. The predicted octanol–water partition coefficient (Wildman–Crippen LogP) is 4.17. The molecular formula is C31H33BrN2O8S. The number of fused-ring (bicyclic) bond motifs is 1. The number of hydrogen-bond donors (Lipinski definition) is 0. The number of halogens is 1. The van der Waals surface area contributed by atoms with Gasteiger partial charge in [-0.2, -0.15) is 0 Å². The van der Waals surface area contributed by atoms with Crippen LogP contribution < -0.4 is 33.8 Å². The minimum atomic E-state index is -0.888. The molecule has 0 fully saturated rings. The van der Waals surface area contributed by atoms with E-state index in [1.54, 1.807) is 50.5 Å². The molecule has 1 aromatic heterocycles. The number of hydrogen-bond acceptors (Lipinski definition) is 10. The number of carbonyl (C=O) groups excluding carboxylic acids is 1. The SMILES string of the molecule is C=CCOc1c(Br)cc(/C=c2/sc3n(c2=O)[C@@H](c2cccc(OC)c2OCC)C(C(=O)OCCOC)=C(C)N=3)cc1OC. The Labute approximate surface area is 261 Å². The molecule has 0 bridgehead atoms. The second kappa shape index (κ2) is 14.5. The average molecular weight is 674 g/mol. The van der Waals surface area contributed by atoms with Gasteiger partial charge in [0.2, 0.25) is 0 Å². The number of nitrogens with zero attached hydrogens (tertiary/aromatic N) is 2. The summed E-state index contributed by atoms with van der Waals surface area (Å²) in [5.41, 5.74) is 1.57. The van der Waals surface area contributed by atoms with Crippen LogP contribution in [-0.4, -0.2) is 58.3 Å². The minimum Gasteiger partial charge on any atom is -0.493 e. The standard InChI is InChI=1S/C31H33BrN2O8S/c1-7-12-41-28-21(32)15-19(16-23(28)39-6)17-24-29(35)34-26(20-10-9-11-22(38-5)27(20)40-8-2)25(18(3)33-31(34)43-24)30(36)42-14-13-37-4/h7,9-11,15-17,26H,1,8,12-14H2,2-6H3/b24-17+/t26-/m0/s1. The van der Waals surface area contributed by atoms with Crippen molar-refractivity contribution in [2.45, 2.75) is 19.9 Å². The minimum absolute atomic E-state index is 0.0445. The van der Waals surface area contributed by atoms with Gasteiger partial charge >= 0.3 is 5.97 Å². The first-order valence-electron chi connectivity index (χ1n) is 13.4. The van der Waals surface area contributed by atoms with Crippen molar-refractivity contribution in [3.63, 3.8) is 0 Å². The molecule has 0 unspecified atom stereocenters. The maximum Gasteiger partial charge on any atom is 0.338 e. The van der Waals surface area contributed by atoms with Crippen molar-refractivity contribution in [2.24, 2.45) is 4.99 Å². The summed E-state index contributed by atoms with van der Waals surface area (Å²) in [4.78, 5) is 32.7. The van der Waals surface area contributed by atoms with E-state index in [0.29, 0.717) is 66.8 Å². The van der Waals surface area contributed by atoms with Gasteiger partial charge in [-0.15, -0.1) is 0 Å². The van der Waals surface area contributed by atoms with Gasteiger partial charge in [-0.3, -0.25) is 9.36 Å². The predicted molar refractivity (Wildman–Crippen MR) is 167 cm³/mol. The highest BCUT2D eigenvalue weighted by Crippen LogP contribution is 2.41. The number of carbonyl (C=O) groups is 1. The summed E-state index contributed by atoms with van der Waals surface area (Å²) < 4.78 is 36.0. The largest absolute Gasteiger partial charge is 0.493 e. The Bertz CT molecular complexity index is 1730. The Kier molecular flexibility index (Phi) is 10.8. The molecule has 3 aromatic rings. The Morgan fingerprint density at radius 2 is 1.88 bits per heavy atom. The molecule has 1 atom stereocenters. The summed E-state index contributed by atoms with van der Waals surface area (Å²) in [6.07, 6.45) is 3.39. The zero-order chi connectivity index (χ0) is 31.1. The average Bonchev–Trinajstić information content (AvgIpc) is 3.29. The lowest BCUT2D eigenvalue weighted by molar-refractivity contribution is -0.140. The third kappa shape index (κ3) is 6.71. The number of allylic oxidation sites excluding steroid dienone is 1. The summed E-state index contributed by atoms with van der Waals surface area (Å²) in [5, 5.41) is 0. The number of methoxy groups -OCH3 is 3. The molecule has 228 valence electrons. The fourth-order valence-electron chi connectivity index (χ4n) is 4.64. The van der Waals surface area contributed by atoms with E-state index in [9.17, 15) is 9.59 Å². The van der Waals surface area contributed by atoms with Crippen molar-refractivity contribution < 1.29 is 33.2 Å². The van der Waals surface area contributed by atoms with Crippen LogP contribution >= 0.6 is 27.3 Å². The summed E-state index contributed by atoms with van der Waals surface area (Å²) in [5.74, 6) is 1.30. The highest BCUT2D eigenvalue weighted by Gasteiger charge is 2.36. The van der Waals surface area contributed by atoms with E-state index < -0.39 is 12.0 Å². The van der Waals surface area contributed by atoms with E-state index in [1.165, 1.54) is 30.1 Å². The van der Waals surface area contributed by atoms with Gasteiger partial charge in [0.1, 0.15) is 19.3 Å². The first kappa shape index (κ1) is 32.1. The zero-order valence-corrected chi connectivity index (χ0v) is 27.0. The van der Waals surface area contributed by atoms with Gasteiger partial charge in [-0.05, 0) is 59.6 Å². The zero-order valence-electron chi connectivity index (χ0n) is 24.6. The second-order valence-electron chi connectivity index (χ2n) is 9.16. The molecule has 0 N–H and O–H groups in total. The van der Waals surface area contributed by atoms with Crippen LogP contribution in [0, 0.1) is 0 Å². The fourth-order valence-corrected chi connectivity index (χ4v) is 6.26. The smallest absolute Gasteiger partial charge is 0.338 e. The first-order valence-corrected chi connectivity index (χ1v) is 15.0. The molecule has 0 saturated heterocycles. The molecule has 1 aliphatic heterocycles. The molecule has 0 spiro atoms. The molecule has 0 saturated carbocycles. The maximum absolute atomic E-state index is 14.1. The quantitative estimate of drug-likeness (QED) is 0.151. The van der Waals surface area contributed by atoms with Gasteiger partial charge in [0.05, 0.1) is 47.7 Å². The second-order valence-corrected chi connectivity index (χ2v) is 11.0. The van der Waals surface area contributed by atoms with Gasteiger partial charge in [0, 0.05) is 12.7 Å². The van der Waals surface area contributed by atoms with Crippen molar-refractivity contribution >= 4 is 39.3 Å². The van der Waals surface area contributed by atoms with E-state index in [-0.39, 0.29) is 24.3 Å². The Hall–Kier alpha value is -3.87. The number of aromatic nitrogens is 1. The van der Waals surface area contributed by atoms with Crippen molar-refractivity contribution in [1.82, 2.24) is 4.57 Å². The van der Waals surface area contributed by atoms with E-state index in [1.807, 2.05) is 13.0 Å². The molecule has 2 heterocycles. The van der Waals surface area contributed by atoms with E-state index in [2.05, 4.69) is 27.5 Å². The molecule has 10 nitrogen and oxygen atoms in total. The summed E-state index contributed by atoms with van der Waals surface area (Å²) in [7, 11) is 4.60. The number of thiazole rings is 1. The van der Waals surface area contributed by atoms with Crippen LogP contribution in [0.4, 0.5) is 0 Å². The molecule has 1 aliphatic rings. The molecular weight excluding hydrogens is 640 g/mol. The normalized spacial score (nSPS) is 14.6. The molecule has 4 rings (SSSR count). The van der Waals surface area contributed by atoms with Crippen molar-refractivity contribution in [1.29, 1.82) is 0 Å². The van der Waals surface area contributed by atoms with Crippen molar-refractivity contribution in [3.8, 4) is 23.0 Å². The molecule has 0 aliphatic carbocycles. The van der Waals surface area contributed by atoms with Crippen LogP contribution in [0.3, 0.4) is 0 Å². The summed E-state index contributed by atoms with van der Waals surface area (Å²) >= 11 is 4.75. The van der Waals surface area contributed by atoms with E-state index >= 15 is 0 Å². The van der Waals surface area contributed by atoms with Gasteiger partial charge in [0.25, 0.3) is 5.56 Å². The van der Waals surface area contributed by atoms with Gasteiger partial charge < -0.3 is 28.4 Å². The van der Waals surface area contributed by atoms with Crippen LogP contribution in [0.1, 0.15) is 31.0 Å². The molecule has 43 heavy (non-hydrogen) atoms. The third-order valence-corrected chi connectivity index (χ3v) is 8.04. The van der Waals surface area contributed by atoms with E-state index in [0.717, 1.165) is 0 Å². The fraction of sp³-hybridized carbons (Fsp3) is 0.323. The highest BCUT2D eigenvalue weighted by atomic mass is 79.9. The summed E-state index contributed by atoms with van der Waals surface area (Å²) in [6.45, 7) is 8.17. The van der Waals surface area contributed by atoms with Gasteiger partial charge in [-0.25, -0.2) is 9.79 Å². The Morgan fingerprint density at radius 3 is 2.56 bits per heavy atom. The lowest BCUT2D eigenvalue weighted by Crippen LogP contribution is -2.40. The monoisotopic (exact) mass is 672 g/mol. The van der Waals surface area contributed by atoms with Crippen molar-refractivity contribution in [3.05, 3.63) is 89.5 Å². The number of esters is 1. The Balaban J connectivity index is 1.94. The number of para-hydroxylation sites is 1. The number of ether oxygens (including phenoxy) is 6. The van der Waals surface area contributed by atoms with Crippen LogP contribution in [0.5, 0.6) is 23.0 Å². The molecule has 12 heteroatoms. The first-order chi connectivity index (χ1) is 20.8. The van der Waals surface area contributed by atoms with Crippen LogP contribution in [0.15, 0.2) is 68.5 Å². The maximum atomic E-state index is 14.1. The molecule has 2 aromatic carbocycles. The number of rotatable bonds is 13. The van der Waals surface area contributed by atoms with Crippen molar-refractivity contribution in [2.75, 3.05) is 47.8 Å². The lowest BCUT2D eigenvalue weighted by atomic mass is 9.94. The Morgan fingerprint density at radius 1 is 1.12 bits per heavy atom. The highest BCUT2D eigenvalue weighted by molar-refractivity contribution is 9.10. The van der Waals surface area contributed by atoms with Crippen LogP contribution in [0.25, 0.3) is 6.08 Å². The van der Waals surface area contributed by atoms with Crippen LogP contribution in [0.2, 0.25) is 0 Å². The third-order valence-electron chi connectivity index (χ3n) is 6.47.